The highest BCUT2D eigenvalue weighted by molar-refractivity contribution is 5.26. The molecule has 0 aromatic carbocycles. The highest BCUT2D eigenvalue weighted by Crippen LogP contribution is 2.48. The second-order valence-electron chi connectivity index (χ2n) is 6.61. The van der Waals surface area contributed by atoms with Crippen molar-refractivity contribution in [2.75, 3.05) is 6.54 Å². The topological polar surface area (TPSA) is 17.0 Å². The van der Waals surface area contributed by atoms with E-state index >= 15 is 0 Å². The molecule has 0 amide bonds. The van der Waals surface area contributed by atoms with Crippen LogP contribution in [0, 0.1) is 31.6 Å². The summed E-state index contributed by atoms with van der Waals surface area (Å²) in [7, 11) is 0. The van der Waals surface area contributed by atoms with Crippen LogP contribution in [-0.4, -0.2) is 11.1 Å². The van der Waals surface area contributed by atoms with Gasteiger partial charge in [-0.05, 0) is 82.4 Å². The highest BCUT2D eigenvalue weighted by Gasteiger charge is 2.40. The van der Waals surface area contributed by atoms with Gasteiger partial charge in [-0.2, -0.15) is 0 Å². The molecular weight excluding hydrogens is 232 g/mol. The number of nitrogens with zero attached hydrogens (tertiary/aromatic N) is 1. The second-order valence-corrected chi connectivity index (χ2v) is 6.61. The molecule has 2 heteroatoms. The molecule has 0 radical (unpaired) electrons. The van der Waals surface area contributed by atoms with Crippen LogP contribution in [0.15, 0.2) is 6.07 Å². The molecule has 1 heterocycles. The van der Waals surface area contributed by atoms with Crippen molar-refractivity contribution < 1.29 is 0 Å². The summed E-state index contributed by atoms with van der Waals surface area (Å²) < 4.78 is 2.41. The summed E-state index contributed by atoms with van der Waals surface area (Å²) >= 11 is 0. The van der Waals surface area contributed by atoms with Crippen molar-refractivity contribution in [3.63, 3.8) is 0 Å². The summed E-state index contributed by atoms with van der Waals surface area (Å²) in [5, 5.41) is 3.74. The molecule has 2 nitrogen and oxygen atoms in total. The minimum absolute atomic E-state index is 0.981. The van der Waals surface area contributed by atoms with Gasteiger partial charge in [0.25, 0.3) is 0 Å². The summed E-state index contributed by atoms with van der Waals surface area (Å²) in [5.74, 6) is 3.10. The number of hydrogen-bond acceptors (Lipinski definition) is 1. The van der Waals surface area contributed by atoms with E-state index in [1.54, 1.807) is 0 Å². The first-order valence-corrected chi connectivity index (χ1v) is 8.07. The van der Waals surface area contributed by atoms with Crippen molar-refractivity contribution in [3.8, 4) is 0 Å². The van der Waals surface area contributed by atoms with Gasteiger partial charge in [0.15, 0.2) is 0 Å². The first kappa shape index (κ1) is 13.2. The van der Waals surface area contributed by atoms with E-state index in [0.717, 1.165) is 30.8 Å². The van der Waals surface area contributed by atoms with Crippen LogP contribution in [0.3, 0.4) is 0 Å². The lowest BCUT2D eigenvalue weighted by molar-refractivity contribution is 0.378. The lowest BCUT2D eigenvalue weighted by atomic mass is 9.98. The molecular formula is C17H28N2. The molecule has 1 N–H and O–H groups in total. The molecule has 3 rings (SSSR count). The zero-order chi connectivity index (χ0) is 13.4. The van der Waals surface area contributed by atoms with Gasteiger partial charge in [0, 0.05) is 24.5 Å². The standard InChI is InChI=1S/C17H28N2/c1-4-19-12(2)9-16(13(19)3)10-18-11-17(14-5-6-14)15-7-8-15/h9,14-15,17-18H,4-8,10-11H2,1-3H3. The van der Waals surface area contributed by atoms with Crippen molar-refractivity contribution >= 4 is 0 Å². The number of rotatable bonds is 7. The number of hydrogen-bond donors (Lipinski definition) is 1. The Hall–Kier alpha value is -0.760. The van der Waals surface area contributed by atoms with Gasteiger partial charge in [0.05, 0.1) is 0 Å². The fourth-order valence-corrected chi connectivity index (χ4v) is 3.68. The summed E-state index contributed by atoms with van der Waals surface area (Å²) in [5.41, 5.74) is 4.34. The minimum Gasteiger partial charge on any atom is -0.349 e. The lowest BCUT2D eigenvalue weighted by Crippen LogP contribution is -2.25. The monoisotopic (exact) mass is 260 g/mol. The first-order chi connectivity index (χ1) is 9.20. The smallest absolute Gasteiger partial charge is 0.0223 e. The lowest BCUT2D eigenvalue weighted by Gasteiger charge is -2.16. The summed E-state index contributed by atoms with van der Waals surface area (Å²) in [6.07, 6.45) is 5.97. The minimum atomic E-state index is 0.981. The average molecular weight is 260 g/mol. The average Bonchev–Trinajstić information content (AvgIpc) is 3.26. The number of aryl methyl sites for hydroxylation is 1. The first-order valence-electron chi connectivity index (χ1n) is 8.07. The van der Waals surface area contributed by atoms with E-state index in [4.69, 9.17) is 0 Å². The molecule has 2 fully saturated rings. The Morgan fingerprint density at radius 1 is 1.21 bits per heavy atom. The third-order valence-corrected chi connectivity index (χ3v) is 5.15. The Labute approximate surface area is 117 Å². The molecule has 2 saturated carbocycles. The van der Waals surface area contributed by atoms with Crippen LogP contribution in [-0.2, 0) is 13.1 Å². The number of nitrogens with one attached hydrogen (secondary N) is 1. The fraction of sp³-hybridized carbons (Fsp3) is 0.765. The second kappa shape index (κ2) is 5.32. The zero-order valence-corrected chi connectivity index (χ0v) is 12.7. The van der Waals surface area contributed by atoms with Gasteiger partial charge in [-0.1, -0.05) is 0 Å². The maximum atomic E-state index is 3.74. The largest absolute Gasteiger partial charge is 0.349 e. The number of aromatic nitrogens is 1. The predicted octanol–water partition coefficient (Wildman–Crippen LogP) is 3.65. The summed E-state index contributed by atoms with van der Waals surface area (Å²) in [4.78, 5) is 0. The van der Waals surface area contributed by atoms with E-state index in [0.29, 0.717) is 0 Å². The summed E-state index contributed by atoms with van der Waals surface area (Å²) in [6.45, 7) is 10.1. The zero-order valence-electron chi connectivity index (χ0n) is 12.7. The van der Waals surface area contributed by atoms with Gasteiger partial charge >= 0.3 is 0 Å². The van der Waals surface area contributed by atoms with Crippen LogP contribution in [0.1, 0.15) is 49.6 Å². The summed E-state index contributed by atoms with van der Waals surface area (Å²) in [6, 6.07) is 2.36. The van der Waals surface area contributed by atoms with Crippen molar-refractivity contribution in [2.24, 2.45) is 17.8 Å². The van der Waals surface area contributed by atoms with E-state index in [1.807, 2.05) is 0 Å². The van der Waals surface area contributed by atoms with Crippen LogP contribution < -0.4 is 5.32 Å². The molecule has 0 unspecified atom stereocenters. The maximum absolute atomic E-state index is 3.74. The van der Waals surface area contributed by atoms with Gasteiger partial charge in [0.2, 0.25) is 0 Å². The molecule has 2 aliphatic carbocycles. The molecule has 0 bridgehead atoms. The van der Waals surface area contributed by atoms with Crippen LogP contribution in [0.2, 0.25) is 0 Å². The maximum Gasteiger partial charge on any atom is 0.0223 e. The van der Waals surface area contributed by atoms with E-state index in [9.17, 15) is 0 Å². The van der Waals surface area contributed by atoms with Gasteiger partial charge < -0.3 is 9.88 Å². The van der Waals surface area contributed by atoms with Gasteiger partial charge in [0.1, 0.15) is 0 Å². The fourth-order valence-electron chi connectivity index (χ4n) is 3.68. The van der Waals surface area contributed by atoms with Crippen LogP contribution in [0.5, 0.6) is 0 Å². The molecule has 0 aliphatic heterocycles. The van der Waals surface area contributed by atoms with E-state index < -0.39 is 0 Å². The third kappa shape index (κ3) is 2.89. The molecule has 19 heavy (non-hydrogen) atoms. The Kier molecular flexibility index (Phi) is 3.70. The molecule has 0 atom stereocenters. The van der Waals surface area contributed by atoms with Gasteiger partial charge in [-0.3, -0.25) is 0 Å². The van der Waals surface area contributed by atoms with Crippen molar-refractivity contribution in [3.05, 3.63) is 23.0 Å². The molecule has 1 aromatic heterocycles. The van der Waals surface area contributed by atoms with Gasteiger partial charge in [-0.25, -0.2) is 0 Å². The molecule has 106 valence electrons. The van der Waals surface area contributed by atoms with Crippen molar-refractivity contribution in [1.29, 1.82) is 0 Å². The molecule has 2 aliphatic rings. The molecule has 1 aromatic rings. The third-order valence-electron chi connectivity index (χ3n) is 5.15. The highest BCUT2D eigenvalue weighted by atomic mass is 15.0. The molecule has 0 saturated heterocycles. The Bertz CT molecular complexity index is 426. The van der Waals surface area contributed by atoms with Crippen molar-refractivity contribution in [1.82, 2.24) is 9.88 Å². The normalized spacial score (nSPS) is 19.4. The van der Waals surface area contributed by atoms with E-state index in [-0.39, 0.29) is 0 Å². The predicted molar refractivity (Wildman–Crippen MR) is 80.2 cm³/mol. The van der Waals surface area contributed by atoms with Crippen LogP contribution in [0.25, 0.3) is 0 Å². The van der Waals surface area contributed by atoms with Crippen LogP contribution in [0.4, 0.5) is 0 Å². The Morgan fingerprint density at radius 3 is 2.32 bits per heavy atom. The van der Waals surface area contributed by atoms with E-state index in [1.165, 1.54) is 49.2 Å². The van der Waals surface area contributed by atoms with E-state index in [2.05, 4.69) is 36.7 Å². The molecule has 0 spiro atoms. The SMILES string of the molecule is CCn1c(C)cc(CNCC(C2CC2)C2CC2)c1C. The Morgan fingerprint density at radius 2 is 1.84 bits per heavy atom. The van der Waals surface area contributed by atoms with Crippen molar-refractivity contribution in [2.45, 2.75) is 59.5 Å². The van der Waals surface area contributed by atoms with Crippen LogP contribution >= 0.6 is 0 Å². The quantitative estimate of drug-likeness (QED) is 0.792. The Balaban J connectivity index is 1.54. The van der Waals surface area contributed by atoms with Gasteiger partial charge in [-0.15, -0.1) is 0 Å².